The van der Waals surface area contributed by atoms with Crippen LogP contribution in [0.2, 0.25) is 0 Å². The van der Waals surface area contributed by atoms with Crippen molar-refractivity contribution in [1.29, 1.82) is 0 Å². The van der Waals surface area contributed by atoms with Crippen molar-refractivity contribution in [3.8, 4) is 11.5 Å². The van der Waals surface area contributed by atoms with Gasteiger partial charge in [-0.05, 0) is 25.1 Å². The van der Waals surface area contributed by atoms with Gasteiger partial charge in [-0.2, -0.15) is 0 Å². The number of hydrogen-bond donors (Lipinski definition) is 1. The molecule has 4 nitrogen and oxygen atoms in total. The Balaban J connectivity index is 2.10. The Morgan fingerprint density at radius 1 is 1.14 bits per heavy atom. The van der Waals surface area contributed by atoms with Gasteiger partial charge in [-0.1, -0.05) is 36.4 Å². The zero-order valence-corrected chi connectivity index (χ0v) is 11.7. The molecule has 0 aromatic heterocycles. The molecule has 0 bridgehead atoms. The van der Waals surface area contributed by atoms with Gasteiger partial charge < -0.3 is 10.1 Å². The number of rotatable bonds is 6. The van der Waals surface area contributed by atoms with Crippen LogP contribution in [-0.2, 0) is 16.0 Å². The van der Waals surface area contributed by atoms with Gasteiger partial charge >= 0.3 is 0 Å². The second kappa shape index (κ2) is 7.24. The Hall–Kier alpha value is -2.62. The molecule has 107 valence electrons. The molecule has 0 saturated heterocycles. The van der Waals surface area contributed by atoms with Crippen molar-refractivity contribution < 1.29 is 14.3 Å². The fourth-order valence-corrected chi connectivity index (χ4v) is 1.86. The molecule has 0 fully saturated rings. The highest BCUT2D eigenvalue weighted by molar-refractivity contribution is 5.82. The van der Waals surface area contributed by atoms with Crippen molar-refractivity contribution in [2.75, 3.05) is 0 Å². The van der Waals surface area contributed by atoms with Crippen molar-refractivity contribution in [3.63, 3.8) is 0 Å². The average molecular weight is 282 g/mol. The quantitative estimate of drug-likeness (QED) is 0.886. The largest absolute Gasteiger partial charge is 0.457 e. The van der Waals surface area contributed by atoms with Crippen molar-refractivity contribution in [2.24, 2.45) is 0 Å². The van der Waals surface area contributed by atoms with Gasteiger partial charge in [0.15, 0.2) is 0 Å². The minimum absolute atomic E-state index is 0.148. The van der Waals surface area contributed by atoms with Crippen LogP contribution >= 0.6 is 0 Å². The molecule has 0 aliphatic rings. The zero-order valence-electron chi connectivity index (χ0n) is 11.7. The molecular weight excluding hydrogens is 266 g/mol. The number of para-hydroxylation sites is 2. The zero-order chi connectivity index (χ0) is 15.1. The van der Waals surface area contributed by atoms with Crippen LogP contribution in [0.25, 0.3) is 0 Å². The molecule has 0 unspecified atom stereocenters. The van der Waals surface area contributed by atoms with E-state index in [-0.39, 0.29) is 12.3 Å². The monoisotopic (exact) mass is 282 g/mol. The Kier molecular flexibility index (Phi) is 5.10. The lowest BCUT2D eigenvalue weighted by atomic mass is 10.1. The molecule has 0 aliphatic heterocycles. The summed E-state index contributed by atoms with van der Waals surface area (Å²) < 4.78 is 5.78. The maximum atomic E-state index is 11.8. The number of hydrogen-bond acceptors (Lipinski definition) is 3. The van der Waals surface area contributed by atoms with E-state index < -0.39 is 6.04 Å². The highest BCUT2D eigenvalue weighted by Gasteiger charge is 2.11. The minimum atomic E-state index is -0.611. The van der Waals surface area contributed by atoms with E-state index in [4.69, 9.17) is 4.74 Å². The maximum absolute atomic E-state index is 11.8. The topological polar surface area (TPSA) is 55.4 Å². The van der Waals surface area contributed by atoms with Gasteiger partial charge in [0.2, 0.25) is 12.2 Å². The third kappa shape index (κ3) is 4.45. The summed E-state index contributed by atoms with van der Waals surface area (Å²) in [7, 11) is 0. The Bertz CT molecular complexity index is 610. The molecule has 0 aliphatic carbocycles. The van der Waals surface area contributed by atoms with E-state index in [1.54, 1.807) is 13.2 Å². The maximum Gasteiger partial charge on any atom is 0.225 e. The lowest BCUT2D eigenvalue weighted by Gasteiger charge is -2.12. The highest BCUT2D eigenvalue weighted by Crippen LogP contribution is 2.25. The molecule has 1 N–H and O–H groups in total. The Morgan fingerprint density at radius 3 is 2.52 bits per heavy atom. The first-order chi connectivity index (χ1) is 10.2. The Morgan fingerprint density at radius 2 is 1.81 bits per heavy atom. The van der Waals surface area contributed by atoms with E-state index in [1.807, 2.05) is 54.6 Å². The van der Waals surface area contributed by atoms with E-state index >= 15 is 0 Å². The summed E-state index contributed by atoms with van der Waals surface area (Å²) in [6, 6.07) is 16.1. The summed E-state index contributed by atoms with van der Waals surface area (Å²) in [6.07, 6.45) is 1.87. The number of amides is 1. The first-order valence-corrected chi connectivity index (χ1v) is 6.67. The van der Waals surface area contributed by atoms with Gasteiger partial charge in [0.05, 0.1) is 12.5 Å². The molecule has 1 radical (unpaired) electrons. The smallest absolute Gasteiger partial charge is 0.225 e. The average Bonchev–Trinajstić information content (AvgIpc) is 2.50. The Labute approximate surface area is 123 Å². The van der Waals surface area contributed by atoms with Crippen molar-refractivity contribution in [1.82, 2.24) is 5.32 Å². The first-order valence-electron chi connectivity index (χ1n) is 6.67. The van der Waals surface area contributed by atoms with Crippen LogP contribution in [0, 0.1) is 0 Å². The van der Waals surface area contributed by atoms with Crippen LogP contribution < -0.4 is 10.1 Å². The summed E-state index contributed by atoms with van der Waals surface area (Å²) in [5.74, 6) is 1.09. The SMILES string of the molecule is C[C@@H]([C]=O)NC(=O)Cc1ccccc1Oc1ccccc1. The van der Waals surface area contributed by atoms with E-state index in [1.165, 1.54) is 0 Å². The lowest BCUT2D eigenvalue weighted by Crippen LogP contribution is -2.34. The van der Waals surface area contributed by atoms with E-state index in [0.29, 0.717) is 11.5 Å². The summed E-state index contributed by atoms with van der Waals surface area (Å²) in [4.78, 5) is 22.3. The van der Waals surface area contributed by atoms with Gasteiger partial charge in [-0.25, -0.2) is 0 Å². The number of carbonyl (C=O) groups is 1. The van der Waals surface area contributed by atoms with Crippen molar-refractivity contribution in [3.05, 3.63) is 60.2 Å². The minimum Gasteiger partial charge on any atom is -0.457 e. The van der Waals surface area contributed by atoms with Gasteiger partial charge in [-0.3, -0.25) is 9.59 Å². The molecule has 4 heteroatoms. The lowest BCUT2D eigenvalue weighted by molar-refractivity contribution is -0.120. The van der Waals surface area contributed by atoms with Crippen LogP contribution in [-0.4, -0.2) is 18.2 Å². The molecule has 21 heavy (non-hydrogen) atoms. The molecule has 2 aromatic carbocycles. The van der Waals surface area contributed by atoms with Crippen molar-refractivity contribution >= 4 is 12.2 Å². The molecule has 0 saturated carbocycles. The first kappa shape index (κ1) is 14.8. The van der Waals surface area contributed by atoms with E-state index in [2.05, 4.69) is 5.32 Å². The van der Waals surface area contributed by atoms with Gasteiger partial charge in [0.25, 0.3) is 0 Å². The molecule has 2 rings (SSSR count). The number of benzene rings is 2. The van der Waals surface area contributed by atoms with Crippen LogP contribution in [0.5, 0.6) is 11.5 Å². The van der Waals surface area contributed by atoms with Gasteiger partial charge in [0.1, 0.15) is 11.5 Å². The van der Waals surface area contributed by atoms with E-state index in [9.17, 15) is 9.59 Å². The molecule has 0 heterocycles. The van der Waals surface area contributed by atoms with Crippen LogP contribution in [0.1, 0.15) is 12.5 Å². The third-order valence-corrected chi connectivity index (χ3v) is 2.85. The van der Waals surface area contributed by atoms with Crippen LogP contribution in [0.4, 0.5) is 0 Å². The number of ether oxygens (including phenoxy) is 1. The summed E-state index contributed by atoms with van der Waals surface area (Å²) in [5, 5.41) is 2.55. The predicted octanol–water partition coefficient (Wildman–Crippen LogP) is 2.64. The fraction of sp³-hybridized carbons (Fsp3) is 0.176. The van der Waals surface area contributed by atoms with E-state index in [0.717, 1.165) is 5.56 Å². The second-order valence-electron chi connectivity index (χ2n) is 4.61. The van der Waals surface area contributed by atoms with Crippen LogP contribution in [0.15, 0.2) is 54.6 Å². The summed E-state index contributed by atoms with van der Waals surface area (Å²) >= 11 is 0. The standard InChI is InChI=1S/C17H16NO3/c1-13(12-19)18-17(20)11-14-7-5-6-10-16(14)21-15-8-3-2-4-9-15/h2-10,13H,11H2,1H3,(H,18,20)/t13-/m0/s1. The highest BCUT2D eigenvalue weighted by atomic mass is 16.5. The molecule has 1 amide bonds. The van der Waals surface area contributed by atoms with Gasteiger partial charge in [-0.15, -0.1) is 0 Å². The number of carbonyl (C=O) groups excluding carboxylic acids is 2. The normalized spacial score (nSPS) is 11.5. The van der Waals surface area contributed by atoms with Crippen LogP contribution in [0.3, 0.4) is 0 Å². The molecule has 1 atom stereocenters. The molecular formula is C17H16NO3. The number of nitrogens with one attached hydrogen (secondary N) is 1. The fourth-order valence-electron chi connectivity index (χ4n) is 1.86. The third-order valence-electron chi connectivity index (χ3n) is 2.85. The predicted molar refractivity (Wildman–Crippen MR) is 80.0 cm³/mol. The molecule has 0 spiro atoms. The molecule has 2 aromatic rings. The van der Waals surface area contributed by atoms with Crippen molar-refractivity contribution in [2.45, 2.75) is 19.4 Å². The van der Waals surface area contributed by atoms with Gasteiger partial charge in [0, 0.05) is 5.56 Å². The summed E-state index contributed by atoms with van der Waals surface area (Å²) in [5.41, 5.74) is 0.761. The summed E-state index contributed by atoms with van der Waals surface area (Å²) in [6.45, 7) is 1.58. The second-order valence-corrected chi connectivity index (χ2v) is 4.61.